The third-order valence-electron chi connectivity index (χ3n) is 11.3. The molecule has 0 amide bonds. The number of pyridine rings is 2. The van der Waals surface area contributed by atoms with Crippen LogP contribution in [0.3, 0.4) is 0 Å². The molecule has 0 aliphatic heterocycles. The van der Waals surface area contributed by atoms with Gasteiger partial charge in [-0.25, -0.2) is 0 Å². The second kappa shape index (κ2) is 44.2. The van der Waals surface area contributed by atoms with Gasteiger partial charge in [-0.15, -0.1) is 56.5 Å². The fourth-order valence-corrected chi connectivity index (χ4v) is 9.12. The Morgan fingerprint density at radius 2 is 0.515 bits per heavy atom. The molecule has 4 aromatic carbocycles. The van der Waals surface area contributed by atoms with E-state index in [1.807, 2.05) is 0 Å². The summed E-state index contributed by atoms with van der Waals surface area (Å²) < 4.78 is 0. The maximum Gasteiger partial charge on any atom is 4.00 e. The zero-order valence-electron chi connectivity index (χ0n) is 70.8. The summed E-state index contributed by atoms with van der Waals surface area (Å²) >= 11 is 0. The predicted molar refractivity (Wildman–Crippen MR) is 463 cm³/mol. The second-order valence-electron chi connectivity index (χ2n) is 38.3. The van der Waals surface area contributed by atoms with Gasteiger partial charge in [0.1, 0.15) is 0 Å². The summed E-state index contributed by atoms with van der Waals surface area (Å²) in [4.78, 5) is 10.2. The molecule has 2 heterocycles. The molecule has 97 heavy (non-hydrogen) atoms. The van der Waals surface area contributed by atoms with Crippen molar-refractivity contribution in [3.8, 4) is 44.8 Å². The molecule has 0 spiro atoms. The van der Waals surface area contributed by atoms with Crippen LogP contribution in [-0.4, -0.2) is 73.0 Å². The first kappa shape index (κ1) is 104. The van der Waals surface area contributed by atoms with Gasteiger partial charge in [0.25, 0.3) is 0 Å². The van der Waals surface area contributed by atoms with Gasteiger partial charge in [0, 0.05) is 11.3 Å². The maximum absolute atomic E-state index is 5.16. The van der Waals surface area contributed by atoms with E-state index in [2.05, 4.69) is 381 Å². The molecular formula is C85H149N3Si7Zr2-. The van der Waals surface area contributed by atoms with Gasteiger partial charge in [-0.3, -0.25) is 4.98 Å². The minimum Gasteiger partial charge on any atom is -0.465 e. The molecule has 541 valence electrons. The zero-order chi connectivity index (χ0) is 75.9. The number of aromatic nitrogens is 2. The summed E-state index contributed by atoms with van der Waals surface area (Å²) in [5.74, 6) is 0.816. The van der Waals surface area contributed by atoms with E-state index >= 15 is 0 Å². The Bertz CT molecular complexity index is 2680. The van der Waals surface area contributed by atoms with Gasteiger partial charge in [0.15, 0.2) is 0 Å². The number of aryl methyl sites for hydroxylation is 13. The van der Waals surface area contributed by atoms with E-state index in [0.29, 0.717) is 5.41 Å². The summed E-state index contributed by atoms with van der Waals surface area (Å²) in [5, 5.41) is 4.89. The van der Waals surface area contributed by atoms with Crippen molar-refractivity contribution >= 4 is 62.3 Å². The van der Waals surface area contributed by atoms with Crippen LogP contribution in [0, 0.1) is 140 Å². The van der Waals surface area contributed by atoms with Gasteiger partial charge in [-0.05, 0) is 203 Å². The average Bonchev–Trinajstić information content (AvgIpc) is 3.25. The number of nitrogens with zero attached hydrogens (tertiary/aromatic N) is 3. The first-order valence-electron chi connectivity index (χ1n) is 34.9. The predicted octanol–water partition coefficient (Wildman–Crippen LogP) is 28.4. The van der Waals surface area contributed by atoms with Gasteiger partial charge in [-0.2, -0.15) is 0 Å². The van der Waals surface area contributed by atoms with E-state index < -0.39 is 56.5 Å². The monoisotopic (exact) mass is 1590 g/mol. The summed E-state index contributed by atoms with van der Waals surface area (Å²) in [7, 11) is -6.03. The molecule has 3 nitrogen and oxygen atoms in total. The van der Waals surface area contributed by atoms with Crippen molar-refractivity contribution in [1.82, 2.24) is 9.97 Å². The molecule has 0 unspecified atom stereocenters. The first-order chi connectivity index (χ1) is 41.9. The van der Waals surface area contributed by atoms with Gasteiger partial charge in [0.05, 0.1) is 5.69 Å². The van der Waals surface area contributed by atoms with Crippen molar-refractivity contribution in [2.75, 3.05) is 6.54 Å². The largest absolute Gasteiger partial charge is 4.00 e. The van der Waals surface area contributed by atoms with E-state index in [1.165, 1.54) is 106 Å². The van der Waals surface area contributed by atoms with Crippen LogP contribution in [0.4, 0.5) is 5.82 Å². The van der Waals surface area contributed by atoms with Crippen LogP contribution in [0.25, 0.3) is 50.1 Å². The number of hydrogen-bond acceptors (Lipinski definition) is 2. The average molecular weight is 1590 g/mol. The van der Waals surface area contributed by atoms with Crippen LogP contribution in [0.1, 0.15) is 120 Å². The first-order valence-corrected chi connectivity index (χ1v) is 60.8. The van der Waals surface area contributed by atoms with Crippen molar-refractivity contribution in [2.45, 2.75) is 275 Å². The summed E-state index contributed by atoms with van der Waals surface area (Å²) in [5.41, 5.74) is 27.0. The molecule has 0 saturated carbocycles. The molecule has 2 aromatic heterocycles. The number of rotatable bonds is 8. The minimum atomic E-state index is -0.861. The molecular weight excluding hydrogens is 1440 g/mol. The van der Waals surface area contributed by atoms with E-state index in [-0.39, 0.29) is 57.8 Å². The van der Waals surface area contributed by atoms with E-state index in [4.69, 9.17) is 15.3 Å². The SMILES string of the molecule is Cc1cc(C)c(-c2cc(CCC(C)(C)C)nc(-c3c(C)cc(C)cc3C)c2)c(C)c1.Cc1cc(C)c(-c2cc([N-]CC(C)(C)C)nc(-c3c(C)cc(C)cc3C)c2)c(C)c1.[CH2-][Si](C)(C)C.[CH2-][Si](C)(C)C.[CH2-][Si](C)(C)C.[CH2-][Si](C)(C)C.[CH2-][Si](C)(C)C.[CH2-][Si](C)(C)C.[CH2-][Si](C)(C)C.[Zr+3].[Zr+4]. The normalized spacial score (nSPS) is 11.6. The van der Waals surface area contributed by atoms with E-state index in [0.717, 1.165) is 36.6 Å². The second-order valence-corrected chi connectivity index (χ2v) is 74.1. The van der Waals surface area contributed by atoms with Crippen molar-refractivity contribution in [1.29, 1.82) is 0 Å². The molecule has 0 bridgehead atoms. The van der Waals surface area contributed by atoms with Crippen LogP contribution < -0.4 is 0 Å². The molecule has 1 radical (unpaired) electrons. The third kappa shape index (κ3) is 61.5. The Labute approximate surface area is 652 Å². The van der Waals surface area contributed by atoms with Gasteiger partial charge < -0.3 is 56.1 Å². The zero-order valence-corrected chi connectivity index (χ0v) is 82.8. The summed E-state index contributed by atoms with van der Waals surface area (Å²) in [6, 6.07) is 27.1. The Hall–Kier alpha value is -1.74. The third-order valence-corrected chi connectivity index (χ3v) is 11.3. The van der Waals surface area contributed by atoms with E-state index in [1.54, 1.807) is 0 Å². The molecule has 0 N–H and O–H groups in total. The maximum atomic E-state index is 5.16. The van der Waals surface area contributed by atoms with Crippen molar-refractivity contribution in [3.63, 3.8) is 0 Å². The van der Waals surface area contributed by atoms with Crippen LogP contribution in [0.2, 0.25) is 137 Å². The van der Waals surface area contributed by atoms with Crippen molar-refractivity contribution < 1.29 is 52.4 Å². The van der Waals surface area contributed by atoms with Crippen LogP contribution in [-0.2, 0) is 58.8 Å². The molecule has 0 aliphatic rings. The van der Waals surface area contributed by atoms with Crippen molar-refractivity contribution in [3.05, 3.63) is 196 Å². The molecule has 0 aliphatic carbocycles. The van der Waals surface area contributed by atoms with Crippen LogP contribution >= 0.6 is 0 Å². The van der Waals surface area contributed by atoms with Crippen LogP contribution in [0.5, 0.6) is 0 Å². The fraction of sp³-hybridized carbons (Fsp3) is 0.518. The number of benzene rings is 4. The van der Waals surface area contributed by atoms with Gasteiger partial charge in [-0.1, -0.05) is 268 Å². The molecule has 0 atom stereocenters. The Morgan fingerprint density at radius 3 is 0.732 bits per heavy atom. The topological polar surface area (TPSA) is 39.9 Å². The Kier molecular flexibility index (Phi) is 47.3. The van der Waals surface area contributed by atoms with E-state index in [9.17, 15) is 0 Å². The molecule has 0 saturated heterocycles. The Morgan fingerprint density at radius 1 is 0.309 bits per heavy atom. The number of hydrogen-bond donors (Lipinski definition) is 0. The summed E-state index contributed by atoms with van der Waals surface area (Å²) in [6.45, 7) is 114. The van der Waals surface area contributed by atoms with Gasteiger partial charge >= 0.3 is 52.4 Å². The smallest absolute Gasteiger partial charge is 0.465 e. The summed E-state index contributed by atoms with van der Waals surface area (Å²) in [6.07, 6.45) is 2.12. The molecule has 12 heteroatoms. The molecule has 0 fully saturated rings. The minimum absolute atomic E-state index is 0. The van der Waals surface area contributed by atoms with Crippen molar-refractivity contribution in [2.24, 2.45) is 10.8 Å². The quantitative estimate of drug-likeness (QED) is 0.113. The fourth-order valence-electron chi connectivity index (χ4n) is 9.12. The Balaban J connectivity index is -0.000000386. The standard InChI is InChI=1S/C29H37N.C28H35N2.7C4H11Si.2Zr/c1-18-12-20(3)27(21(4)13-18)24-16-25(10-11-29(7,8)9)30-26(17-24)28-22(5)14-19(2)15-23(28)6;1-17-10-19(3)26(20(4)11-17)23-14-24(27-21(5)12-18(2)13-22(27)6)30-25(15-23)29-16-28(7,8)9;7*1-5(2,3)4;;/h12-17H,10-11H2,1-9H3;10-15H,16H2,1-9H3;7*1H2,2-4H3;;/q;8*-1;+3;+4. The van der Waals surface area contributed by atoms with Gasteiger partial charge in [0.2, 0.25) is 0 Å². The molecule has 6 rings (SSSR count). The molecule has 6 aromatic rings. The van der Waals surface area contributed by atoms with Crippen LogP contribution in [0.15, 0.2) is 72.8 Å².